The Labute approximate surface area is 154 Å². The van der Waals surface area contributed by atoms with Crippen LogP contribution in [0.2, 0.25) is 0 Å². The minimum Gasteiger partial charge on any atom is -0.503 e. The van der Waals surface area contributed by atoms with Crippen LogP contribution in [-0.2, 0) is 6.54 Å². The molecular formula is C19H15N5O3. The summed E-state index contributed by atoms with van der Waals surface area (Å²) < 4.78 is 0. The van der Waals surface area contributed by atoms with E-state index in [9.17, 15) is 9.90 Å². The van der Waals surface area contributed by atoms with Crippen LogP contribution in [-0.4, -0.2) is 32.0 Å². The van der Waals surface area contributed by atoms with Gasteiger partial charge in [0.2, 0.25) is 0 Å². The number of rotatable bonds is 4. The molecule has 2 heterocycles. The summed E-state index contributed by atoms with van der Waals surface area (Å²) in [5.74, 6) is -0.378. The molecule has 1 aliphatic heterocycles. The van der Waals surface area contributed by atoms with Crippen molar-refractivity contribution in [3.05, 3.63) is 65.5 Å². The lowest BCUT2D eigenvalue weighted by atomic mass is 10.1. The lowest BCUT2D eigenvalue weighted by molar-refractivity contribution is 0.0697. The van der Waals surface area contributed by atoms with Crippen molar-refractivity contribution in [2.75, 3.05) is 5.32 Å². The molecule has 0 spiro atoms. The van der Waals surface area contributed by atoms with Gasteiger partial charge >= 0.3 is 5.97 Å². The number of nitrogens with two attached hydrogens (primary N) is 1. The van der Waals surface area contributed by atoms with Crippen molar-refractivity contribution < 1.29 is 15.0 Å². The van der Waals surface area contributed by atoms with E-state index in [0.29, 0.717) is 23.6 Å². The highest BCUT2D eigenvalue weighted by Crippen LogP contribution is 2.34. The van der Waals surface area contributed by atoms with E-state index in [1.165, 1.54) is 18.5 Å². The Bertz CT molecular complexity index is 1080. The second-order valence-corrected chi connectivity index (χ2v) is 6.00. The number of aromatic hydroxyl groups is 1. The van der Waals surface area contributed by atoms with Crippen LogP contribution in [0.1, 0.15) is 21.5 Å². The van der Waals surface area contributed by atoms with Crippen LogP contribution in [0.5, 0.6) is 5.75 Å². The van der Waals surface area contributed by atoms with Gasteiger partial charge in [-0.2, -0.15) is 0 Å². The third-order valence-electron chi connectivity index (χ3n) is 4.29. The summed E-state index contributed by atoms with van der Waals surface area (Å²) in [5, 5.41) is 22.6. The second-order valence-electron chi connectivity index (χ2n) is 6.00. The Hall–Kier alpha value is -3.94. The minimum absolute atomic E-state index is 0.128. The highest BCUT2D eigenvalue weighted by Gasteiger charge is 2.16. The van der Waals surface area contributed by atoms with Crippen LogP contribution in [0.15, 0.2) is 53.8 Å². The molecule has 2 aromatic carbocycles. The Balaban J connectivity index is 1.64. The van der Waals surface area contributed by atoms with E-state index in [-0.39, 0.29) is 17.1 Å². The number of hydrogen-bond acceptors (Lipinski definition) is 7. The highest BCUT2D eigenvalue weighted by atomic mass is 16.4. The Morgan fingerprint density at radius 3 is 2.63 bits per heavy atom. The van der Waals surface area contributed by atoms with Crippen LogP contribution in [0, 0.1) is 0 Å². The number of benzene rings is 2. The van der Waals surface area contributed by atoms with Gasteiger partial charge in [0.05, 0.1) is 12.1 Å². The molecule has 0 radical (unpaired) electrons. The molecule has 8 nitrogen and oxygen atoms in total. The van der Waals surface area contributed by atoms with E-state index in [1.807, 2.05) is 18.2 Å². The van der Waals surface area contributed by atoms with Crippen LogP contribution in [0.25, 0.3) is 11.3 Å². The van der Waals surface area contributed by atoms with E-state index in [0.717, 1.165) is 16.8 Å². The zero-order valence-electron chi connectivity index (χ0n) is 14.0. The fourth-order valence-electron chi connectivity index (χ4n) is 2.90. The molecule has 0 saturated carbocycles. The lowest BCUT2D eigenvalue weighted by Gasteiger charge is -2.11. The minimum atomic E-state index is -1.02. The van der Waals surface area contributed by atoms with Gasteiger partial charge in [0.1, 0.15) is 17.9 Å². The van der Waals surface area contributed by atoms with Gasteiger partial charge < -0.3 is 21.3 Å². The van der Waals surface area contributed by atoms with Gasteiger partial charge in [-0.1, -0.05) is 12.1 Å². The summed E-state index contributed by atoms with van der Waals surface area (Å²) in [6.45, 7) is 0.521. The Morgan fingerprint density at radius 2 is 1.89 bits per heavy atom. The lowest BCUT2D eigenvalue weighted by Crippen LogP contribution is -2.10. The fourth-order valence-corrected chi connectivity index (χ4v) is 2.90. The second kappa shape index (κ2) is 6.41. The number of carboxylic acid groups (broad SMARTS) is 1. The van der Waals surface area contributed by atoms with Crippen molar-refractivity contribution >= 4 is 23.3 Å². The number of nitrogens with one attached hydrogen (secondary N) is 1. The first-order chi connectivity index (χ1) is 13.0. The van der Waals surface area contributed by atoms with Gasteiger partial charge in [0.25, 0.3) is 0 Å². The molecule has 4 rings (SSSR count). The van der Waals surface area contributed by atoms with Crippen LogP contribution < -0.4 is 11.1 Å². The fraction of sp³-hybridized carbons (Fsp3) is 0.0526. The molecule has 0 atom stereocenters. The van der Waals surface area contributed by atoms with Gasteiger partial charge in [-0.05, 0) is 35.9 Å². The molecule has 1 aliphatic rings. The van der Waals surface area contributed by atoms with Crippen LogP contribution in [0.3, 0.4) is 0 Å². The number of anilines is 2. The number of amidine groups is 1. The van der Waals surface area contributed by atoms with E-state index in [4.69, 9.17) is 10.8 Å². The van der Waals surface area contributed by atoms with Crippen molar-refractivity contribution in [3.8, 4) is 17.0 Å². The smallest absolute Gasteiger partial charge is 0.335 e. The predicted octanol–water partition coefficient (Wildman–Crippen LogP) is 2.51. The summed E-state index contributed by atoms with van der Waals surface area (Å²) >= 11 is 0. The molecule has 0 saturated heterocycles. The molecule has 0 unspecified atom stereocenters. The average Bonchev–Trinajstić information content (AvgIpc) is 3.04. The number of aromatic nitrogens is 2. The summed E-state index contributed by atoms with van der Waals surface area (Å²) in [7, 11) is 0. The average molecular weight is 361 g/mol. The largest absolute Gasteiger partial charge is 0.503 e. The predicted molar refractivity (Wildman–Crippen MR) is 100 cm³/mol. The number of nitrogens with zero attached hydrogens (tertiary/aromatic N) is 3. The summed E-state index contributed by atoms with van der Waals surface area (Å²) in [6.07, 6.45) is 1.33. The Morgan fingerprint density at radius 1 is 1.11 bits per heavy atom. The molecule has 8 heteroatoms. The highest BCUT2D eigenvalue weighted by molar-refractivity contribution is 6.01. The molecule has 0 bridgehead atoms. The van der Waals surface area contributed by atoms with E-state index in [2.05, 4.69) is 20.3 Å². The van der Waals surface area contributed by atoms with Crippen molar-refractivity contribution in [3.63, 3.8) is 0 Å². The molecule has 0 aliphatic carbocycles. The van der Waals surface area contributed by atoms with E-state index >= 15 is 0 Å². The van der Waals surface area contributed by atoms with Crippen molar-refractivity contribution in [1.82, 2.24) is 9.97 Å². The molecule has 5 N–H and O–H groups in total. The standard InChI is InChI=1S/C19H15N5O3/c20-17-14-6-5-13(7-12(14)8-21-17)24-18-16(25)15(22-9-23-18)10-1-3-11(4-2-10)19(26)27/h1-7,9,25H,8H2,(H2,20,21)(H,26,27)(H,22,23,24). The molecule has 27 heavy (non-hydrogen) atoms. The zero-order valence-corrected chi connectivity index (χ0v) is 14.0. The van der Waals surface area contributed by atoms with Crippen molar-refractivity contribution in [1.29, 1.82) is 0 Å². The number of carboxylic acids is 1. The SMILES string of the molecule is NC1=NCc2cc(Nc3ncnc(-c4ccc(C(=O)O)cc4)c3O)ccc21. The molecule has 1 aromatic heterocycles. The maximum absolute atomic E-state index is 11.0. The molecule has 0 fully saturated rings. The Kier molecular flexibility index (Phi) is 3.92. The quantitative estimate of drug-likeness (QED) is 0.561. The van der Waals surface area contributed by atoms with Crippen LogP contribution in [0.4, 0.5) is 11.5 Å². The first-order valence-electron chi connectivity index (χ1n) is 8.11. The maximum Gasteiger partial charge on any atom is 0.335 e. The van der Waals surface area contributed by atoms with E-state index in [1.54, 1.807) is 12.1 Å². The monoisotopic (exact) mass is 361 g/mol. The van der Waals surface area contributed by atoms with Crippen LogP contribution >= 0.6 is 0 Å². The first kappa shape index (κ1) is 16.5. The van der Waals surface area contributed by atoms with Gasteiger partial charge in [-0.3, -0.25) is 4.99 Å². The molecule has 0 amide bonds. The number of carbonyl (C=O) groups is 1. The summed E-state index contributed by atoms with van der Waals surface area (Å²) in [5.41, 5.74) is 9.50. The van der Waals surface area contributed by atoms with Gasteiger partial charge in [-0.15, -0.1) is 0 Å². The summed E-state index contributed by atoms with van der Waals surface area (Å²) in [4.78, 5) is 23.4. The molecule has 3 aromatic rings. The third kappa shape index (κ3) is 3.04. The molecule has 134 valence electrons. The summed E-state index contributed by atoms with van der Waals surface area (Å²) in [6, 6.07) is 11.7. The van der Waals surface area contributed by atoms with Gasteiger partial charge in [-0.25, -0.2) is 14.8 Å². The number of aromatic carboxylic acids is 1. The number of hydrogen-bond donors (Lipinski definition) is 4. The first-order valence-corrected chi connectivity index (χ1v) is 8.11. The number of fused-ring (bicyclic) bond motifs is 1. The van der Waals surface area contributed by atoms with E-state index < -0.39 is 5.97 Å². The maximum atomic E-state index is 11.0. The number of aliphatic imine (C=N–C) groups is 1. The topological polar surface area (TPSA) is 134 Å². The normalized spacial score (nSPS) is 12.4. The molecular weight excluding hydrogens is 346 g/mol. The zero-order chi connectivity index (χ0) is 19.0. The van der Waals surface area contributed by atoms with Crippen molar-refractivity contribution in [2.24, 2.45) is 10.7 Å². The third-order valence-corrected chi connectivity index (χ3v) is 4.29. The van der Waals surface area contributed by atoms with Gasteiger partial charge in [0, 0.05) is 16.8 Å². The van der Waals surface area contributed by atoms with Crippen molar-refractivity contribution in [2.45, 2.75) is 6.54 Å². The van der Waals surface area contributed by atoms with Gasteiger partial charge in [0.15, 0.2) is 11.6 Å².